The molecule has 1 aromatic heterocycles. The van der Waals surface area contributed by atoms with Crippen molar-refractivity contribution in [1.29, 1.82) is 0 Å². The van der Waals surface area contributed by atoms with E-state index in [1.807, 2.05) is 0 Å². The van der Waals surface area contributed by atoms with Gasteiger partial charge in [-0.1, -0.05) is 12.1 Å². The van der Waals surface area contributed by atoms with Crippen LogP contribution in [0.5, 0.6) is 0 Å². The van der Waals surface area contributed by atoms with Gasteiger partial charge in [-0.25, -0.2) is 4.98 Å². The second-order valence-electron chi connectivity index (χ2n) is 9.22. The van der Waals surface area contributed by atoms with Crippen LogP contribution >= 0.6 is 0 Å². The maximum Gasteiger partial charge on any atom is 0.270 e. The number of hydrogen-bond donors (Lipinski definition) is 4. The molecule has 210 valence electrons. The van der Waals surface area contributed by atoms with E-state index in [0.29, 0.717) is 57.1 Å². The summed E-state index contributed by atoms with van der Waals surface area (Å²) in [5.74, 6) is -0.363. The maximum absolute atomic E-state index is 12.8. The number of non-ortho nitro benzene ring substituents is 2. The number of nitro benzene ring substituents is 2. The number of fused-ring (bicyclic) bond motifs is 3. The number of amides is 2. The lowest BCUT2D eigenvalue weighted by Gasteiger charge is -2.09. The normalized spacial score (nSPS) is 11.2. The summed E-state index contributed by atoms with van der Waals surface area (Å²) in [6.07, 6.45) is 2.69. The summed E-state index contributed by atoms with van der Waals surface area (Å²) in [5.41, 5.74) is 9.33. The molecule has 13 heteroatoms. The first-order chi connectivity index (χ1) is 20.2. The number of nitrogens with two attached hydrogens (primary N) is 1. The predicted octanol–water partition coefficient (Wildman–Crippen LogP) is 4.37. The number of nitrogens with zero attached hydrogens (tertiary/aromatic N) is 3. The zero-order valence-electron chi connectivity index (χ0n) is 21.9. The summed E-state index contributed by atoms with van der Waals surface area (Å²) in [6, 6.07) is 18.7. The van der Waals surface area contributed by atoms with Crippen molar-refractivity contribution in [2.75, 3.05) is 29.5 Å². The molecule has 0 unspecified atom stereocenters. The van der Waals surface area contributed by atoms with Gasteiger partial charge in [0, 0.05) is 49.6 Å². The molecular weight excluding hydrogens is 542 g/mol. The molecule has 5 rings (SSSR count). The topological polar surface area (TPSA) is 195 Å². The number of benzene rings is 3. The number of aromatic nitrogens is 1. The van der Waals surface area contributed by atoms with Gasteiger partial charge in [0.05, 0.1) is 26.8 Å². The Bertz CT molecular complexity index is 1700. The van der Waals surface area contributed by atoms with Crippen molar-refractivity contribution in [3.05, 3.63) is 122 Å². The van der Waals surface area contributed by atoms with E-state index in [4.69, 9.17) is 5.73 Å². The number of rotatable bonds is 9. The van der Waals surface area contributed by atoms with Crippen LogP contribution in [0.15, 0.2) is 85.1 Å². The summed E-state index contributed by atoms with van der Waals surface area (Å²) >= 11 is 0. The Morgan fingerprint density at radius 1 is 0.833 bits per heavy atom. The SMILES string of the molecule is Nc1ccccc1NC(=O)c1ccc(NCCNC(=O)C=C2c3cc([N+](=O)[O-])ccc3-c3ccc([N+](=O)[O-])cc32)nc1. The minimum Gasteiger partial charge on any atom is -0.397 e. The Labute approximate surface area is 238 Å². The van der Waals surface area contributed by atoms with Gasteiger partial charge in [-0.15, -0.1) is 0 Å². The number of pyridine rings is 1. The first-order valence-corrected chi connectivity index (χ1v) is 12.6. The summed E-state index contributed by atoms with van der Waals surface area (Å²) in [6.45, 7) is 0.502. The Balaban J connectivity index is 1.22. The van der Waals surface area contributed by atoms with Gasteiger partial charge in [0.25, 0.3) is 17.3 Å². The van der Waals surface area contributed by atoms with Gasteiger partial charge in [0.2, 0.25) is 5.91 Å². The number of carbonyl (C=O) groups excluding carboxylic acids is 2. The molecule has 2 amide bonds. The molecule has 0 atom stereocenters. The molecule has 1 heterocycles. The molecule has 0 radical (unpaired) electrons. The second-order valence-corrected chi connectivity index (χ2v) is 9.22. The molecule has 13 nitrogen and oxygen atoms in total. The number of nitrogen functional groups attached to an aromatic ring is 1. The van der Waals surface area contributed by atoms with Gasteiger partial charge in [0.1, 0.15) is 5.82 Å². The molecule has 0 aliphatic heterocycles. The van der Waals surface area contributed by atoms with E-state index < -0.39 is 15.8 Å². The minimum absolute atomic E-state index is 0.160. The summed E-state index contributed by atoms with van der Waals surface area (Å²) in [7, 11) is 0. The second kappa shape index (κ2) is 11.6. The summed E-state index contributed by atoms with van der Waals surface area (Å²) in [5, 5.41) is 31.2. The fourth-order valence-electron chi connectivity index (χ4n) is 4.50. The number of para-hydroxylation sites is 2. The summed E-state index contributed by atoms with van der Waals surface area (Å²) in [4.78, 5) is 51.1. The smallest absolute Gasteiger partial charge is 0.270 e. The third-order valence-corrected chi connectivity index (χ3v) is 6.54. The molecule has 0 fully saturated rings. The third kappa shape index (κ3) is 5.74. The number of anilines is 3. The predicted molar refractivity (Wildman–Crippen MR) is 157 cm³/mol. The average molecular weight is 566 g/mol. The molecule has 1 aliphatic rings. The molecule has 42 heavy (non-hydrogen) atoms. The largest absolute Gasteiger partial charge is 0.397 e. The highest BCUT2D eigenvalue weighted by Gasteiger charge is 2.28. The van der Waals surface area contributed by atoms with Gasteiger partial charge in [-0.3, -0.25) is 29.8 Å². The van der Waals surface area contributed by atoms with Crippen LogP contribution in [0.4, 0.5) is 28.6 Å². The molecule has 5 N–H and O–H groups in total. The molecule has 0 saturated carbocycles. The van der Waals surface area contributed by atoms with E-state index >= 15 is 0 Å². The van der Waals surface area contributed by atoms with Gasteiger partial charge in [-0.2, -0.15) is 0 Å². The molecule has 3 aromatic carbocycles. The van der Waals surface area contributed by atoms with E-state index in [-0.39, 0.29) is 23.8 Å². The fraction of sp³-hybridized carbons (Fsp3) is 0.0690. The molecule has 0 saturated heterocycles. The van der Waals surface area contributed by atoms with Crippen LogP contribution in [0, 0.1) is 20.2 Å². The molecule has 0 spiro atoms. The van der Waals surface area contributed by atoms with Crippen LogP contribution in [-0.2, 0) is 4.79 Å². The monoisotopic (exact) mass is 565 g/mol. The first-order valence-electron chi connectivity index (χ1n) is 12.6. The van der Waals surface area contributed by atoms with Gasteiger partial charge in [-0.05, 0) is 64.2 Å². The Morgan fingerprint density at radius 2 is 1.48 bits per heavy atom. The van der Waals surface area contributed by atoms with Gasteiger partial charge >= 0.3 is 0 Å². The van der Waals surface area contributed by atoms with Crippen molar-refractivity contribution < 1.29 is 19.4 Å². The molecule has 0 bridgehead atoms. The van der Waals surface area contributed by atoms with E-state index in [1.54, 1.807) is 48.5 Å². The highest BCUT2D eigenvalue weighted by molar-refractivity contribution is 6.09. The van der Waals surface area contributed by atoms with Crippen LogP contribution in [0.2, 0.25) is 0 Å². The van der Waals surface area contributed by atoms with Crippen LogP contribution in [0.25, 0.3) is 16.7 Å². The zero-order valence-corrected chi connectivity index (χ0v) is 21.9. The Hall–Kier alpha value is -6.11. The molecule has 4 aromatic rings. The fourth-order valence-corrected chi connectivity index (χ4v) is 4.50. The van der Waals surface area contributed by atoms with Crippen molar-refractivity contribution >= 4 is 46.0 Å². The van der Waals surface area contributed by atoms with Crippen molar-refractivity contribution in [2.45, 2.75) is 0 Å². The number of hydrogen-bond acceptors (Lipinski definition) is 9. The number of nitro groups is 2. The first kappa shape index (κ1) is 27.5. The van der Waals surface area contributed by atoms with Crippen LogP contribution in [0.3, 0.4) is 0 Å². The lowest BCUT2D eigenvalue weighted by atomic mass is 10.0. The molecular formula is C29H23N7O6. The highest BCUT2D eigenvalue weighted by atomic mass is 16.6. The standard InChI is InChI=1S/C29H23N7O6/c30-25-3-1-2-4-26(25)34-29(38)17-5-10-27(33-16-17)31-11-12-32-28(37)15-24-22-13-18(35(39)40)6-8-20(22)21-9-7-19(36(41)42)14-23(21)24/h1-10,13-16H,11-12,30H2,(H,31,33)(H,32,37)(H,34,38). The van der Waals surface area contributed by atoms with E-state index in [0.717, 1.165) is 0 Å². The quantitative estimate of drug-likeness (QED) is 0.0659. The maximum atomic E-state index is 12.8. The van der Waals surface area contributed by atoms with Crippen LogP contribution in [0.1, 0.15) is 21.5 Å². The van der Waals surface area contributed by atoms with Crippen LogP contribution < -0.4 is 21.7 Å². The highest BCUT2D eigenvalue weighted by Crippen LogP contribution is 2.46. The van der Waals surface area contributed by atoms with Gasteiger partial charge in [0.15, 0.2) is 0 Å². The third-order valence-electron chi connectivity index (χ3n) is 6.54. The van der Waals surface area contributed by atoms with Crippen molar-refractivity contribution in [1.82, 2.24) is 10.3 Å². The lowest BCUT2D eigenvalue weighted by Crippen LogP contribution is -2.27. The number of nitrogens with one attached hydrogen (secondary N) is 3. The van der Waals surface area contributed by atoms with Crippen LogP contribution in [-0.4, -0.2) is 39.7 Å². The molecule has 1 aliphatic carbocycles. The van der Waals surface area contributed by atoms with Gasteiger partial charge < -0.3 is 21.7 Å². The lowest BCUT2D eigenvalue weighted by molar-refractivity contribution is -0.385. The Morgan fingerprint density at radius 3 is 2.05 bits per heavy atom. The van der Waals surface area contributed by atoms with E-state index in [1.165, 1.54) is 36.5 Å². The van der Waals surface area contributed by atoms with E-state index in [9.17, 15) is 29.8 Å². The van der Waals surface area contributed by atoms with Crippen molar-refractivity contribution in [2.24, 2.45) is 0 Å². The average Bonchev–Trinajstić information content (AvgIpc) is 3.28. The van der Waals surface area contributed by atoms with Crippen molar-refractivity contribution in [3.8, 4) is 11.1 Å². The number of carbonyl (C=O) groups is 2. The zero-order chi connectivity index (χ0) is 29.8. The Kier molecular flexibility index (Phi) is 7.55. The van der Waals surface area contributed by atoms with E-state index in [2.05, 4.69) is 20.9 Å². The summed E-state index contributed by atoms with van der Waals surface area (Å²) < 4.78 is 0. The minimum atomic E-state index is -0.540. The van der Waals surface area contributed by atoms with Crippen molar-refractivity contribution in [3.63, 3.8) is 0 Å².